The van der Waals surface area contributed by atoms with Crippen LogP contribution in [0.15, 0.2) is 47.4 Å². The molecule has 1 N–H and O–H groups in total. The second kappa shape index (κ2) is 9.09. The molecule has 2 saturated heterocycles. The van der Waals surface area contributed by atoms with Gasteiger partial charge in [0.25, 0.3) is 5.91 Å². The molecule has 3 fully saturated rings. The van der Waals surface area contributed by atoms with E-state index in [1.165, 1.54) is 29.2 Å². The summed E-state index contributed by atoms with van der Waals surface area (Å²) in [7, 11) is -3.55. The Hall–Kier alpha value is -2.99. The molecule has 0 unspecified atom stereocenters. The van der Waals surface area contributed by atoms with Crippen LogP contribution in [-0.2, 0) is 25.5 Å². The van der Waals surface area contributed by atoms with Crippen molar-refractivity contribution in [3.05, 3.63) is 65.0 Å². The number of halogens is 4. The maximum atomic E-state index is 14.8. The van der Waals surface area contributed by atoms with Crippen LogP contribution >= 0.6 is 0 Å². The molecule has 1 aliphatic carbocycles. The zero-order valence-corrected chi connectivity index (χ0v) is 20.5. The van der Waals surface area contributed by atoms with Gasteiger partial charge in [-0.3, -0.25) is 9.59 Å². The van der Waals surface area contributed by atoms with E-state index in [1.54, 1.807) is 0 Å². The Labute approximate surface area is 210 Å². The van der Waals surface area contributed by atoms with Gasteiger partial charge in [0.1, 0.15) is 11.9 Å². The summed E-state index contributed by atoms with van der Waals surface area (Å²) in [6.07, 6.45) is -2.58. The summed E-state index contributed by atoms with van der Waals surface area (Å²) in [5.74, 6) is -2.35. The lowest BCUT2D eigenvalue weighted by molar-refractivity contribution is -0.138. The maximum Gasteiger partial charge on any atom is 0.416 e. The molecule has 2 heterocycles. The number of carbonyl (C=O) groups is 2. The van der Waals surface area contributed by atoms with Crippen molar-refractivity contribution < 1.29 is 40.3 Å². The van der Waals surface area contributed by atoms with E-state index in [2.05, 4.69) is 5.32 Å². The third-order valence-corrected chi connectivity index (χ3v) is 8.36. The Balaban J connectivity index is 1.39. The molecule has 0 aromatic heterocycles. The fourth-order valence-electron chi connectivity index (χ4n) is 5.09. The van der Waals surface area contributed by atoms with Crippen LogP contribution < -0.4 is 5.32 Å². The summed E-state index contributed by atoms with van der Waals surface area (Å²) in [6.45, 7) is 0.393. The van der Waals surface area contributed by atoms with E-state index in [-0.39, 0.29) is 47.1 Å². The molecule has 0 spiro atoms. The van der Waals surface area contributed by atoms with Gasteiger partial charge in [-0.2, -0.15) is 13.2 Å². The molecule has 0 bridgehead atoms. The molecule has 2 aliphatic heterocycles. The Morgan fingerprint density at radius 1 is 1.11 bits per heavy atom. The van der Waals surface area contributed by atoms with Crippen LogP contribution in [0, 0.1) is 17.7 Å². The van der Waals surface area contributed by atoms with Gasteiger partial charge in [-0.05, 0) is 49.1 Å². The van der Waals surface area contributed by atoms with Crippen molar-refractivity contribution in [2.45, 2.75) is 42.0 Å². The number of rotatable bonds is 6. The van der Waals surface area contributed by atoms with Crippen LogP contribution in [0.5, 0.6) is 0 Å². The summed E-state index contributed by atoms with van der Waals surface area (Å²) in [4.78, 5) is 28.2. The van der Waals surface area contributed by atoms with E-state index >= 15 is 0 Å². The third-order valence-electron chi connectivity index (χ3n) is 7.25. The number of nitrogens with zero attached hydrogens (tertiary/aromatic N) is 1. The smallest absolute Gasteiger partial charge is 0.381 e. The number of amides is 2. The number of fused-ring (bicyclic) bond motifs is 1. The first kappa shape index (κ1) is 25.7. The van der Waals surface area contributed by atoms with Crippen molar-refractivity contribution in [3.8, 4) is 0 Å². The standard InChI is InChI=1S/C25H24F4N2O5S/c1-37(34,35)17-4-2-3-13(7-17)24(33)31-20-8-14(20)9-21(31)23(32)30-22(15-11-36-12-15)18-6-5-16(10-19(18)26)25(27,28)29/h2-7,10,14-15,20-22H,8-9,11-12H2,1H3,(H,30,32)/t14-,20-,21-,22-/m1/s1. The van der Waals surface area contributed by atoms with E-state index in [4.69, 9.17) is 4.74 Å². The lowest BCUT2D eigenvalue weighted by Crippen LogP contribution is -2.51. The van der Waals surface area contributed by atoms with E-state index < -0.39 is 51.3 Å². The predicted octanol–water partition coefficient (Wildman–Crippen LogP) is 3.35. The number of nitrogens with one attached hydrogen (secondary N) is 1. The number of likely N-dealkylation sites (tertiary alicyclic amines) is 1. The van der Waals surface area contributed by atoms with Crippen LogP contribution in [0.25, 0.3) is 0 Å². The molecule has 7 nitrogen and oxygen atoms in total. The first-order chi connectivity index (χ1) is 17.3. The Morgan fingerprint density at radius 3 is 2.43 bits per heavy atom. The highest BCUT2D eigenvalue weighted by Gasteiger charge is 2.56. The van der Waals surface area contributed by atoms with Gasteiger partial charge in [0.05, 0.1) is 29.7 Å². The van der Waals surface area contributed by atoms with Crippen molar-refractivity contribution in [1.82, 2.24) is 10.2 Å². The van der Waals surface area contributed by atoms with E-state index in [0.717, 1.165) is 18.4 Å². The van der Waals surface area contributed by atoms with Crippen LogP contribution in [0.4, 0.5) is 17.6 Å². The average Bonchev–Trinajstić information content (AvgIpc) is 3.45. The molecule has 2 amide bonds. The molecular formula is C25H24F4N2O5S. The van der Waals surface area contributed by atoms with E-state index in [0.29, 0.717) is 18.9 Å². The molecule has 1 saturated carbocycles. The Kier molecular flexibility index (Phi) is 6.30. The Bertz CT molecular complexity index is 1360. The maximum absolute atomic E-state index is 14.8. The van der Waals surface area contributed by atoms with Gasteiger partial charge in [0.2, 0.25) is 5.91 Å². The SMILES string of the molecule is CS(=O)(=O)c1cccc(C(=O)N2[C@@H](C(=O)N[C@@H](c3ccc(C(F)(F)F)cc3F)C3COC3)C[C@H]3C[C@H]32)c1. The Morgan fingerprint density at radius 2 is 1.84 bits per heavy atom. The molecule has 2 aromatic carbocycles. The zero-order valence-electron chi connectivity index (χ0n) is 19.7. The number of carbonyl (C=O) groups excluding carboxylic acids is 2. The monoisotopic (exact) mass is 540 g/mol. The molecular weight excluding hydrogens is 516 g/mol. The minimum Gasteiger partial charge on any atom is -0.381 e. The first-order valence-corrected chi connectivity index (χ1v) is 13.6. The van der Waals surface area contributed by atoms with Crippen LogP contribution in [-0.4, -0.2) is 56.7 Å². The fraction of sp³-hybridized carbons (Fsp3) is 0.440. The summed E-state index contributed by atoms with van der Waals surface area (Å²) >= 11 is 0. The topological polar surface area (TPSA) is 92.8 Å². The molecule has 37 heavy (non-hydrogen) atoms. The highest BCUT2D eigenvalue weighted by molar-refractivity contribution is 7.90. The second-order valence-electron chi connectivity index (χ2n) is 9.84. The van der Waals surface area contributed by atoms with Crippen molar-refractivity contribution >= 4 is 21.7 Å². The van der Waals surface area contributed by atoms with Gasteiger partial charge in [-0.25, -0.2) is 12.8 Å². The van der Waals surface area contributed by atoms with Gasteiger partial charge in [-0.15, -0.1) is 0 Å². The molecule has 2 aromatic rings. The number of hydrogen-bond donors (Lipinski definition) is 1. The summed E-state index contributed by atoms with van der Waals surface area (Å²) in [5, 5.41) is 2.76. The number of hydrogen-bond acceptors (Lipinski definition) is 5. The van der Waals surface area contributed by atoms with Crippen LogP contribution in [0.3, 0.4) is 0 Å². The van der Waals surface area contributed by atoms with Crippen LogP contribution in [0.1, 0.15) is 40.4 Å². The molecule has 5 rings (SSSR count). The van der Waals surface area contributed by atoms with Gasteiger partial charge in [0, 0.05) is 29.3 Å². The molecule has 0 radical (unpaired) electrons. The number of benzene rings is 2. The predicted molar refractivity (Wildman–Crippen MR) is 123 cm³/mol. The van der Waals surface area contributed by atoms with Gasteiger partial charge >= 0.3 is 6.18 Å². The minimum absolute atomic E-state index is 0.0197. The number of piperidine rings is 1. The van der Waals surface area contributed by atoms with Crippen molar-refractivity contribution in [3.63, 3.8) is 0 Å². The fourth-order valence-corrected chi connectivity index (χ4v) is 5.76. The summed E-state index contributed by atoms with van der Waals surface area (Å²) in [5.41, 5.74) is -1.09. The number of ether oxygens (including phenoxy) is 1. The van der Waals surface area contributed by atoms with Crippen LogP contribution in [0.2, 0.25) is 0 Å². The highest BCUT2D eigenvalue weighted by Crippen LogP contribution is 2.48. The molecule has 12 heteroatoms. The summed E-state index contributed by atoms with van der Waals surface area (Å²) in [6, 6.07) is 5.80. The molecule has 198 valence electrons. The first-order valence-electron chi connectivity index (χ1n) is 11.7. The number of alkyl halides is 3. The van der Waals surface area contributed by atoms with E-state index in [9.17, 15) is 35.6 Å². The van der Waals surface area contributed by atoms with Crippen molar-refractivity contribution in [2.75, 3.05) is 19.5 Å². The normalized spacial score (nSPS) is 24.2. The number of sulfone groups is 1. The highest BCUT2D eigenvalue weighted by atomic mass is 32.2. The van der Waals surface area contributed by atoms with Gasteiger partial charge in [-0.1, -0.05) is 12.1 Å². The largest absolute Gasteiger partial charge is 0.416 e. The van der Waals surface area contributed by atoms with Crippen molar-refractivity contribution in [2.24, 2.45) is 11.8 Å². The van der Waals surface area contributed by atoms with Gasteiger partial charge in [0.15, 0.2) is 9.84 Å². The zero-order chi connectivity index (χ0) is 26.7. The second-order valence-corrected chi connectivity index (χ2v) is 11.9. The lowest BCUT2D eigenvalue weighted by atomic mass is 9.90. The lowest BCUT2D eigenvalue weighted by Gasteiger charge is -2.36. The van der Waals surface area contributed by atoms with Gasteiger partial charge < -0.3 is 15.0 Å². The molecule has 3 aliphatic rings. The van der Waals surface area contributed by atoms with Crippen molar-refractivity contribution in [1.29, 1.82) is 0 Å². The third kappa shape index (κ3) is 4.96. The average molecular weight is 541 g/mol. The summed E-state index contributed by atoms with van der Waals surface area (Å²) < 4.78 is 82.9. The van der Waals surface area contributed by atoms with E-state index in [1.807, 2.05) is 0 Å². The quantitative estimate of drug-likeness (QED) is 0.568. The minimum atomic E-state index is -4.71. The molecule has 4 atom stereocenters.